The van der Waals surface area contributed by atoms with E-state index in [9.17, 15) is 13.2 Å². The molecule has 0 radical (unpaired) electrons. The second-order valence-electron chi connectivity index (χ2n) is 8.22. The highest BCUT2D eigenvalue weighted by molar-refractivity contribution is 7.92. The predicted octanol–water partition coefficient (Wildman–Crippen LogP) is 3.62. The molecular formula is C16H30O3S. The van der Waals surface area contributed by atoms with E-state index >= 15 is 0 Å². The fourth-order valence-corrected chi connectivity index (χ4v) is 3.99. The summed E-state index contributed by atoms with van der Waals surface area (Å²) < 4.78 is 23.6. The Morgan fingerprint density at radius 3 is 2.10 bits per heavy atom. The van der Waals surface area contributed by atoms with Crippen LogP contribution in [0.4, 0.5) is 0 Å². The number of Topliss-reactive ketones (excluding diaryl/α,β-unsaturated/α-hetero) is 1. The number of hydrogen-bond acceptors (Lipinski definition) is 3. The minimum absolute atomic E-state index is 0.0647. The van der Waals surface area contributed by atoms with Crippen LogP contribution in [0.15, 0.2) is 0 Å². The molecule has 118 valence electrons. The summed E-state index contributed by atoms with van der Waals surface area (Å²) in [4.78, 5) is 12.0. The first-order chi connectivity index (χ1) is 8.84. The summed E-state index contributed by atoms with van der Waals surface area (Å²) in [5, 5.41) is 0. The number of carbonyl (C=O) groups excluding carboxylic acids is 1. The van der Waals surface area contributed by atoms with Crippen molar-refractivity contribution in [2.24, 2.45) is 17.3 Å². The van der Waals surface area contributed by atoms with Crippen LogP contribution in [-0.2, 0) is 14.6 Å². The second-order valence-corrected chi connectivity index (χ2v) is 11.1. The molecule has 1 aliphatic rings. The summed E-state index contributed by atoms with van der Waals surface area (Å²) in [6.07, 6.45) is 2.90. The van der Waals surface area contributed by atoms with Crippen LogP contribution in [0, 0.1) is 17.3 Å². The van der Waals surface area contributed by atoms with Crippen LogP contribution in [0.1, 0.15) is 67.2 Å². The normalized spacial score (nSPS) is 25.8. The van der Waals surface area contributed by atoms with Crippen LogP contribution in [0.2, 0.25) is 0 Å². The van der Waals surface area contributed by atoms with Gasteiger partial charge in [-0.05, 0) is 51.4 Å². The molecule has 1 saturated carbocycles. The Morgan fingerprint density at radius 1 is 1.10 bits per heavy atom. The van der Waals surface area contributed by atoms with Crippen LogP contribution in [0.25, 0.3) is 0 Å². The highest BCUT2D eigenvalue weighted by Crippen LogP contribution is 2.40. The minimum atomic E-state index is -3.13. The van der Waals surface area contributed by atoms with Gasteiger partial charge in [-0.15, -0.1) is 0 Å². The Labute approximate surface area is 124 Å². The molecule has 0 N–H and O–H groups in total. The highest BCUT2D eigenvalue weighted by atomic mass is 32.2. The van der Waals surface area contributed by atoms with Crippen molar-refractivity contribution in [3.8, 4) is 0 Å². The zero-order valence-electron chi connectivity index (χ0n) is 13.8. The van der Waals surface area contributed by atoms with Crippen molar-refractivity contribution in [2.45, 2.75) is 72.0 Å². The van der Waals surface area contributed by atoms with Gasteiger partial charge in [0.05, 0.1) is 10.5 Å². The Morgan fingerprint density at radius 2 is 1.65 bits per heavy atom. The average molecular weight is 302 g/mol. The molecule has 2 atom stereocenters. The van der Waals surface area contributed by atoms with Gasteiger partial charge in [0.15, 0.2) is 9.84 Å². The van der Waals surface area contributed by atoms with E-state index in [1.807, 2.05) is 0 Å². The van der Waals surface area contributed by atoms with Gasteiger partial charge in [0.25, 0.3) is 0 Å². The van der Waals surface area contributed by atoms with Gasteiger partial charge in [-0.3, -0.25) is 4.79 Å². The standard InChI is InChI=1S/C16H30O3S/c1-15(2,3)13-7-8-14(17)12(11-13)9-10-20(18,19)16(4,5)6/h12-13H,7-11H2,1-6H3. The van der Waals surface area contributed by atoms with Gasteiger partial charge < -0.3 is 0 Å². The molecule has 1 rings (SSSR count). The van der Waals surface area contributed by atoms with Gasteiger partial charge in [0.1, 0.15) is 5.78 Å². The fraction of sp³-hybridized carbons (Fsp3) is 0.938. The number of rotatable bonds is 3. The first-order valence-electron chi connectivity index (χ1n) is 7.59. The number of carbonyl (C=O) groups is 1. The Hall–Kier alpha value is -0.380. The molecule has 0 aromatic rings. The van der Waals surface area contributed by atoms with E-state index in [4.69, 9.17) is 0 Å². The zero-order valence-corrected chi connectivity index (χ0v) is 14.6. The van der Waals surface area contributed by atoms with Gasteiger partial charge in [-0.1, -0.05) is 20.8 Å². The van der Waals surface area contributed by atoms with Crippen molar-refractivity contribution in [3.63, 3.8) is 0 Å². The summed E-state index contributed by atoms with van der Waals surface area (Å²) in [6.45, 7) is 11.8. The first-order valence-corrected chi connectivity index (χ1v) is 9.25. The maximum Gasteiger partial charge on any atom is 0.155 e. The van der Waals surface area contributed by atoms with Crippen molar-refractivity contribution in [1.82, 2.24) is 0 Å². The lowest BCUT2D eigenvalue weighted by Gasteiger charge is -2.37. The SMILES string of the molecule is CC(C)(C)C1CCC(=O)C(CCS(=O)(=O)C(C)(C)C)C1. The van der Waals surface area contributed by atoms with E-state index in [2.05, 4.69) is 20.8 Å². The lowest BCUT2D eigenvalue weighted by molar-refractivity contribution is -0.126. The maximum atomic E-state index is 12.2. The van der Waals surface area contributed by atoms with E-state index in [0.29, 0.717) is 18.8 Å². The second kappa shape index (κ2) is 5.78. The first kappa shape index (κ1) is 17.7. The number of hydrogen-bond donors (Lipinski definition) is 0. The third kappa shape index (κ3) is 4.31. The summed E-state index contributed by atoms with van der Waals surface area (Å²) >= 11 is 0. The molecule has 20 heavy (non-hydrogen) atoms. The molecule has 0 heterocycles. The summed E-state index contributed by atoms with van der Waals surface area (Å²) in [5.74, 6) is 0.839. The Balaban J connectivity index is 2.69. The quantitative estimate of drug-likeness (QED) is 0.800. The van der Waals surface area contributed by atoms with Crippen molar-refractivity contribution in [1.29, 1.82) is 0 Å². The molecule has 0 spiro atoms. The molecular weight excluding hydrogens is 272 g/mol. The number of ketones is 1. The van der Waals surface area contributed by atoms with Crippen LogP contribution in [0.5, 0.6) is 0 Å². The highest BCUT2D eigenvalue weighted by Gasteiger charge is 2.36. The van der Waals surface area contributed by atoms with Gasteiger partial charge in [-0.25, -0.2) is 8.42 Å². The molecule has 0 aromatic heterocycles. The molecule has 0 bridgehead atoms. The van der Waals surface area contributed by atoms with Gasteiger partial charge in [-0.2, -0.15) is 0 Å². The van der Waals surface area contributed by atoms with Crippen molar-refractivity contribution in [3.05, 3.63) is 0 Å². The molecule has 4 heteroatoms. The van der Waals surface area contributed by atoms with Crippen LogP contribution >= 0.6 is 0 Å². The van der Waals surface area contributed by atoms with Crippen LogP contribution in [0.3, 0.4) is 0 Å². The third-order valence-electron chi connectivity index (χ3n) is 4.66. The van der Waals surface area contributed by atoms with E-state index in [0.717, 1.165) is 12.8 Å². The van der Waals surface area contributed by atoms with Crippen molar-refractivity contribution >= 4 is 15.6 Å². The lowest BCUT2D eigenvalue weighted by Crippen LogP contribution is -2.35. The fourth-order valence-electron chi connectivity index (χ4n) is 2.78. The Bertz CT molecular complexity index is 449. The van der Waals surface area contributed by atoms with Crippen molar-refractivity contribution in [2.75, 3.05) is 5.75 Å². The summed E-state index contributed by atoms with van der Waals surface area (Å²) in [6, 6.07) is 0. The van der Waals surface area contributed by atoms with Crippen molar-refractivity contribution < 1.29 is 13.2 Å². The van der Waals surface area contributed by atoms with E-state index in [1.165, 1.54) is 0 Å². The average Bonchev–Trinajstić information content (AvgIpc) is 2.24. The smallest absolute Gasteiger partial charge is 0.155 e. The molecule has 2 unspecified atom stereocenters. The van der Waals surface area contributed by atoms with E-state index < -0.39 is 14.6 Å². The maximum absolute atomic E-state index is 12.2. The van der Waals surface area contributed by atoms with Gasteiger partial charge in [0.2, 0.25) is 0 Å². The molecule has 0 aliphatic heterocycles. The Kier molecular flexibility index (Phi) is 5.11. The van der Waals surface area contributed by atoms with E-state index in [-0.39, 0.29) is 22.9 Å². The predicted molar refractivity (Wildman–Crippen MR) is 83.4 cm³/mol. The topological polar surface area (TPSA) is 51.2 Å². The molecule has 3 nitrogen and oxygen atoms in total. The molecule has 0 saturated heterocycles. The largest absolute Gasteiger partial charge is 0.299 e. The van der Waals surface area contributed by atoms with E-state index in [1.54, 1.807) is 20.8 Å². The molecule has 0 aromatic carbocycles. The van der Waals surface area contributed by atoms with Crippen LogP contribution in [-0.4, -0.2) is 24.7 Å². The molecule has 1 fully saturated rings. The minimum Gasteiger partial charge on any atom is -0.299 e. The molecule has 0 amide bonds. The van der Waals surface area contributed by atoms with Gasteiger partial charge in [0, 0.05) is 12.3 Å². The summed E-state index contributed by atoms with van der Waals surface area (Å²) in [5.41, 5.74) is 0.196. The third-order valence-corrected chi connectivity index (χ3v) is 7.30. The lowest BCUT2D eigenvalue weighted by atomic mass is 9.68. The summed E-state index contributed by atoms with van der Waals surface area (Å²) in [7, 11) is -3.13. The van der Waals surface area contributed by atoms with Crippen LogP contribution < -0.4 is 0 Å². The molecule has 1 aliphatic carbocycles. The number of sulfone groups is 1. The zero-order chi connectivity index (χ0) is 15.8. The van der Waals surface area contributed by atoms with Gasteiger partial charge >= 0.3 is 0 Å². The monoisotopic (exact) mass is 302 g/mol.